The van der Waals surface area contributed by atoms with Gasteiger partial charge in [0.1, 0.15) is 12.3 Å². The number of ether oxygens (including phenoxy) is 1. The van der Waals surface area contributed by atoms with Crippen molar-refractivity contribution in [2.24, 2.45) is 17.8 Å². The van der Waals surface area contributed by atoms with Gasteiger partial charge in [-0.1, -0.05) is 79.7 Å². The Balaban J connectivity index is 2.08. The van der Waals surface area contributed by atoms with Gasteiger partial charge in [0, 0.05) is 5.69 Å². The van der Waals surface area contributed by atoms with Crippen LogP contribution in [0.25, 0.3) is 0 Å². The molecule has 7 heteroatoms. The Kier molecular flexibility index (Phi) is 8.18. The predicted octanol–water partition coefficient (Wildman–Crippen LogP) is 6.60. The molecule has 2 rings (SSSR count). The van der Waals surface area contributed by atoms with E-state index in [0.29, 0.717) is 17.8 Å². The summed E-state index contributed by atoms with van der Waals surface area (Å²) in [5.41, 5.74) is 2.91. The van der Waals surface area contributed by atoms with Crippen LogP contribution in [0.5, 0.6) is 0 Å². The molecular formula is C21H31Cl3N2O2. The summed E-state index contributed by atoms with van der Waals surface area (Å²) in [6.07, 6.45) is 1.46. The van der Waals surface area contributed by atoms with Crippen molar-refractivity contribution in [3.05, 3.63) is 29.3 Å². The van der Waals surface area contributed by atoms with Crippen LogP contribution in [0.4, 0.5) is 10.5 Å². The molecule has 28 heavy (non-hydrogen) atoms. The number of aryl methyl sites for hydroxylation is 2. The number of carbonyl (C=O) groups is 1. The van der Waals surface area contributed by atoms with Crippen molar-refractivity contribution in [1.29, 1.82) is 0 Å². The van der Waals surface area contributed by atoms with Crippen molar-refractivity contribution in [1.82, 2.24) is 5.32 Å². The molecule has 1 aromatic carbocycles. The third-order valence-electron chi connectivity index (χ3n) is 5.49. The molecule has 1 aliphatic carbocycles. The van der Waals surface area contributed by atoms with Crippen LogP contribution >= 0.6 is 34.8 Å². The van der Waals surface area contributed by atoms with Gasteiger partial charge in [-0.15, -0.1) is 0 Å². The van der Waals surface area contributed by atoms with Gasteiger partial charge in [0.15, 0.2) is 0 Å². The molecule has 0 radical (unpaired) electrons. The summed E-state index contributed by atoms with van der Waals surface area (Å²) in [5, 5.41) is 5.82. The van der Waals surface area contributed by atoms with Crippen LogP contribution in [0.2, 0.25) is 0 Å². The minimum atomic E-state index is -1.74. The third kappa shape index (κ3) is 6.60. The van der Waals surface area contributed by atoms with E-state index in [1.165, 1.54) is 0 Å². The topological polar surface area (TPSA) is 50.4 Å². The Morgan fingerprint density at radius 1 is 1.21 bits per heavy atom. The first-order chi connectivity index (χ1) is 13.0. The van der Waals surface area contributed by atoms with Gasteiger partial charge in [-0.25, -0.2) is 4.79 Å². The molecule has 158 valence electrons. The third-order valence-corrected chi connectivity index (χ3v) is 6.15. The quantitative estimate of drug-likeness (QED) is 0.393. The molecule has 2 N–H and O–H groups in total. The molecule has 1 amide bonds. The summed E-state index contributed by atoms with van der Waals surface area (Å²) in [4.78, 5) is 12.6. The van der Waals surface area contributed by atoms with Crippen molar-refractivity contribution < 1.29 is 9.53 Å². The van der Waals surface area contributed by atoms with E-state index >= 15 is 0 Å². The van der Waals surface area contributed by atoms with E-state index in [1.54, 1.807) is 0 Å². The maximum absolute atomic E-state index is 12.6. The van der Waals surface area contributed by atoms with Gasteiger partial charge in [0.2, 0.25) is 3.79 Å². The molecule has 0 aliphatic heterocycles. The lowest BCUT2D eigenvalue weighted by atomic mass is 9.75. The fourth-order valence-corrected chi connectivity index (χ4v) is 4.20. The second-order valence-electron chi connectivity index (χ2n) is 8.35. The highest BCUT2D eigenvalue weighted by atomic mass is 35.6. The largest absolute Gasteiger partial charge is 0.446 e. The standard InChI is InChI=1S/C21H31Cl3N2O2/c1-12(2)16-8-6-14(4)11-18(16)28-20(27)26-19(21(22,23)24)25-17-9-7-13(3)10-15(17)5/h7,9-10,12,14,16,18-19,25H,6,8,11H2,1-5H3,(H,26,27). The lowest BCUT2D eigenvalue weighted by molar-refractivity contribution is 0.00534. The van der Waals surface area contributed by atoms with Gasteiger partial charge >= 0.3 is 6.09 Å². The fourth-order valence-electron chi connectivity index (χ4n) is 3.87. The van der Waals surface area contributed by atoms with Gasteiger partial charge in [-0.05, 0) is 56.1 Å². The normalized spacial score (nSPS) is 24.0. The van der Waals surface area contributed by atoms with Gasteiger partial charge in [-0.2, -0.15) is 0 Å². The number of carbonyl (C=O) groups excluding carboxylic acids is 1. The Hall–Kier alpha value is -0.840. The molecule has 0 saturated heterocycles. The van der Waals surface area contributed by atoms with Gasteiger partial charge in [0.05, 0.1) is 0 Å². The zero-order chi connectivity index (χ0) is 21.1. The molecule has 0 heterocycles. The molecule has 1 aliphatic rings. The lowest BCUT2D eigenvalue weighted by Gasteiger charge is -2.37. The number of anilines is 1. The highest BCUT2D eigenvalue weighted by molar-refractivity contribution is 6.68. The Bertz CT molecular complexity index is 676. The fraction of sp³-hybridized carbons (Fsp3) is 0.667. The van der Waals surface area contributed by atoms with Crippen molar-refractivity contribution in [2.75, 3.05) is 5.32 Å². The van der Waals surface area contributed by atoms with E-state index in [9.17, 15) is 4.79 Å². The Labute approximate surface area is 183 Å². The van der Waals surface area contributed by atoms with Gasteiger partial charge in [0.25, 0.3) is 0 Å². The van der Waals surface area contributed by atoms with Crippen molar-refractivity contribution in [2.45, 2.75) is 69.9 Å². The lowest BCUT2D eigenvalue weighted by Crippen LogP contribution is -2.50. The minimum absolute atomic E-state index is 0.124. The molecule has 1 aromatic rings. The number of amides is 1. The number of alkyl carbamates (subject to hydrolysis) is 1. The van der Waals surface area contributed by atoms with E-state index in [2.05, 4.69) is 31.4 Å². The first-order valence-electron chi connectivity index (χ1n) is 9.85. The maximum atomic E-state index is 12.6. The monoisotopic (exact) mass is 448 g/mol. The van der Waals surface area contributed by atoms with E-state index in [4.69, 9.17) is 39.5 Å². The number of hydrogen-bond donors (Lipinski definition) is 2. The number of hydrogen-bond acceptors (Lipinski definition) is 3. The zero-order valence-electron chi connectivity index (χ0n) is 17.2. The second kappa shape index (κ2) is 9.77. The molecule has 0 spiro atoms. The number of halogens is 3. The van der Waals surface area contributed by atoms with E-state index in [-0.39, 0.29) is 6.10 Å². The zero-order valence-corrected chi connectivity index (χ0v) is 19.5. The first-order valence-corrected chi connectivity index (χ1v) is 11.0. The summed E-state index contributed by atoms with van der Waals surface area (Å²) in [6, 6.07) is 5.88. The summed E-state index contributed by atoms with van der Waals surface area (Å²) in [7, 11) is 0. The predicted molar refractivity (Wildman–Crippen MR) is 118 cm³/mol. The molecule has 4 nitrogen and oxygen atoms in total. The smallest absolute Gasteiger partial charge is 0.409 e. The molecule has 1 fully saturated rings. The molecule has 0 aromatic heterocycles. The van der Waals surface area contributed by atoms with Crippen LogP contribution in [-0.2, 0) is 4.74 Å². The van der Waals surface area contributed by atoms with Crippen LogP contribution in [-0.4, -0.2) is 22.2 Å². The van der Waals surface area contributed by atoms with Crippen LogP contribution in [0.3, 0.4) is 0 Å². The highest BCUT2D eigenvalue weighted by Crippen LogP contribution is 2.36. The van der Waals surface area contributed by atoms with Gasteiger partial charge < -0.3 is 10.1 Å². The minimum Gasteiger partial charge on any atom is -0.446 e. The van der Waals surface area contributed by atoms with Crippen molar-refractivity contribution in [3.8, 4) is 0 Å². The summed E-state index contributed by atoms with van der Waals surface area (Å²) in [5.74, 6) is 1.33. The van der Waals surface area contributed by atoms with Crippen molar-refractivity contribution in [3.63, 3.8) is 0 Å². The molecular weight excluding hydrogens is 419 g/mol. The summed E-state index contributed by atoms with van der Waals surface area (Å²) < 4.78 is 4.04. The highest BCUT2D eigenvalue weighted by Gasteiger charge is 2.37. The number of benzene rings is 1. The average Bonchev–Trinajstić information content (AvgIpc) is 2.55. The Morgan fingerprint density at radius 3 is 2.46 bits per heavy atom. The molecule has 4 unspecified atom stereocenters. The van der Waals surface area contributed by atoms with Crippen LogP contribution in [0.15, 0.2) is 18.2 Å². The first kappa shape index (κ1) is 23.4. The molecule has 1 saturated carbocycles. The van der Waals surface area contributed by atoms with Crippen molar-refractivity contribution >= 4 is 46.6 Å². The van der Waals surface area contributed by atoms with E-state index < -0.39 is 16.1 Å². The molecule has 4 atom stereocenters. The number of nitrogens with one attached hydrogen (secondary N) is 2. The number of alkyl halides is 3. The number of rotatable bonds is 5. The van der Waals surface area contributed by atoms with Crippen LogP contribution < -0.4 is 10.6 Å². The summed E-state index contributed by atoms with van der Waals surface area (Å²) >= 11 is 18.4. The Morgan fingerprint density at radius 2 is 1.89 bits per heavy atom. The summed E-state index contributed by atoms with van der Waals surface area (Å²) in [6.45, 7) is 10.5. The SMILES string of the molecule is Cc1ccc(NC(NC(=O)OC2CC(C)CCC2C(C)C)C(Cl)(Cl)Cl)c(C)c1. The maximum Gasteiger partial charge on any atom is 0.409 e. The van der Waals surface area contributed by atoms with Crippen LogP contribution in [0.1, 0.15) is 51.2 Å². The van der Waals surface area contributed by atoms with Gasteiger partial charge in [-0.3, -0.25) is 5.32 Å². The second-order valence-corrected chi connectivity index (χ2v) is 10.7. The average molecular weight is 450 g/mol. The van der Waals surface area contributed by atoms with E-state index in [1.807, 2.05) is 32.0 Å². The van der Waals surface area contributed by atoms with Crippen LogP contribution in [0, 0.1) is 31.6 Å². The molecule has 0 bridgehead atoms. The van der Waals surface area contributed by atoms with E-state index in [0.717, 1.165) is 36.1 Å².